The summed E-state index contributed by atoms with van der Waals surface area (Å²) in [6.45, 7) is 2.14. The number of ether oxygens (including phenoxy) is 2. The van der Waals surface area contributed by atoms with Gasteiger partial charge in [-0.05, 0) is 35.9 Å². The highest BCUT2D eigenvalue weighted by Crippen LogP contribution is 2.43. The highest BCUT2D eigenvalue weighted by atomic mass is 16.5. The highest BCUT2D eigenvalue weighted by Gasteiger charge is 2.39. The van der Waals surface area contributed by atoms with Crippen LogP contribution in [0, 0.1) is 0 Å². The minimum absolute atomic E-state index is 0.00523. The van der Waals surface area contributed by atoms with Crippen molar-refractivity contribution in [2.75, 3.05) is 7.11 Å². The van der Waals surface area contributed by atoms with E-state index in [0.29, 0.717) is 0 Å². The molecule has 0 fully saturated rings. The second-order valence-corrected chi connectivity index (χ2v) is 5.89. The molecule has 23 heavy (non-hydrogen) atoms. The third-order valence-electron chi connectivity index (χ3n) is 4.55. The molecule has 0 amide bonds. The molecule has 0 saturated carbocycles. The van der Waals surface area contributed by atoms with Crippen LogP contribution >= 0.6 is 0 Å². The van der Waals surface area contributed by atoms with Gasteiger partial charge < -0.3 is 9.47 Å². The number of hydrazone groups is 1. The highest BCUT2D eigenvalue weighted by molar-refractivity contribution is 6.02. The molecule has 0 spiro atoms. The molecule has 0 aromatic heterocycles. The quantitative estimate of drug-likeness (QED) is 0.860. The summed E-state index contributed by atoms with van der Waals surface area (Å²) in [5, 5.41) is 7.00. The topological polar surface area (TPSA) is 34.1 Å². The van der Waals surface area contributed by atoms with E-state index in [2.05, 4.69) is 42.3 Å². The molecule has 2 atom stereocenters. The summed E-state index contributed by atoms with van der Waals surface area (Å²) in [7, 11) is 1.68. The van der Waals surface area contributed by atoms with Gasteiger partial charge in [0, 0.05) is 18.4 Å². The van der Waals surface area contributed by atoms with E-state index >= 15 is 0 Å². The maximum Gasteiger partial charge on any atom is 0.187 e. The lowest BCUT2D eigenvalue weighted by Gasteiger charge is -2.37. The van der Waals surface area contributed by atoms with Gasteiger partial charge in [0.2, 0.25) is 0 Å². The molecule has 2 heterocycles. The molecule has 2 aromatic carbocycles. The van der Waals surface area contributed by atoms with Gasteiger partial charge in [0.25, 0.3) is 0 Å². The summed E-state index contributed by atoms with van der Waals surface area (Å²) in [5.41, 5.74) is 3.48. The Morgan fingerprint density at radius 2 is 1.96 bits per heavy atom. The second kappa shape index (κ2) is 5.61. The molecule has 118 valence electrons. The number of fused-ring (bicyclic) bond motifs is 3. The van der Waals surface area contributed by atoms with Gasteiger partial charge in [0.05, 0.1) is 18.9 Å². The molecule has 4 nitrogen and oxygen atoms in total. The Morgan fingerprint density at radius 1 is 1.17 bits per heavy atom. The van der Waals surface area contributed by atoms with E-state index in [-0.39, 0.29) is 12.3 Å². The molecule has 2 aromatic rings. The van der Waals surface area contributed by atoms with Crippen molar-refractivity contribution < 1.29 is 9.47 Å². The van der Waals surface area contributed by atoms with Gasteiger partial charge in [-0.1, -0.05) is 25.1 Å². The van der Waals surface area contributed by atoms with E-state index in [4.69, 9.17) is 14.6 Å². The summed E-state index contributed by atoms with van der Waals surface area (Å²) in [6, 6.07) is 16.7. The van der Waals surface area contributed by atoms with E-state index in [1.807, 2.05) is 18.2 Å². The number of hydrogen-bond acceptors (Lipinski definition) is 4. The number of nitrogens with zero attached hydrogens (tertiary/aromatic N) is 2. The Kier molecular flexibility index (Phi) is 3.45. The molecule has 0 aliphatic carbocycles. The average molecular weight is 308 g/mol. The van der Waals surface area contributed by atoms with Gasteiger partial charge in [0.1, 0.15) is 11.5 Å². The van der Waals surface area contributed by atoms with Crippen molar-refractivity contribution >= 4 is 5.71 Å². The molecule has 2 aliphatic heterocycles. The number of benzene rings is 2. The van der Waals surface area contributed by atoms with Crippen molar-refractivity contribution in [1.29, 1.82) is 0 Å². The fourth-order valence-electron chi connectivity index (χ4n) is 3.34. The molecule has 0 saturated heterocycles. The van der Waals surface area contributed by atoms with Gasteiger partial charge in [-0.15, -0.1) is 0 Å². The first-order chi connectivity index (χ1) is 11.3. The Bertz CT molecular complexity index is 739. The van der Waals surface area contributed by atoms with E-state index < -0.39 is 0 Å². The Balaban J connectivity index is 1.69. The van der Waals surface area contributed by atoms with Crippen LogP contribution in [0.2, 0.25) is 0 Å². The Hall–Kier alpha value is -2.49. The number of hydrogen-bond donors (Lipinski definition) is 0. The maximum absolute atomic E-state index is 6.11. The number of methoxy groups -OCH3 is 1. The van der Waals surface area contributed by atoms with Crippen LogP contribution in [-0.4, -0.2) is 24.1 Å². The zero-order valence-corrected chi connectivity index (χ0v) is 13.4. The van der Waals surface area contributed by atoms with Crippen LogP contribution in [0.5, 0.6) is 11.5 Å². The van der Waals surface area contributed by atoms with Gasteiger partial charge in [0.15, 0.2) is 6.23 Å². The maximum atomic E-state index is 6.11. The number of para-hydroxylation sites is 1. The molecule has 4 rings (SSSR count). The van der Waals surface area contributed by atoms with Crippen LogP contribution in [-0.2, 0) is 0 Å². The Labute approximate surface area is 136 Å². The van der Waals surface area contributed by atoms with Crippen molar-refractivity contribution in [1.82, 2.24) is 5.01 Å². The predicted molar refractivity (Wildman–Crippen MR) is 89.9 cm³/mol. The van der Waals surface area contributed by atoms with E-state index in [1.54, 1.807) is 7.11 Å². The molecule has 0 radical (unpaired) electrons. The van der Waals surface area contributed by atoms with Crippen LogP contribution in [0.15, 0.2) is 53.6 Å². The van der Waals surface area contributed by atoms with Crippen LogP contribution in [0.1, 0.15) is 36.9 Å². The minimum atomic E-state index is 0.00523. The third-order valence-corrected chi connectivity index (χ3v) is 4.55. The van der Waals surface area contributed by atoms with Crippen LogP contribution < -0.4 is 9.47 Å². The van der Waals surface area contributed by atoms with Gasteiger partial charge in [-0.25, -0.2) is 0 Å². The zero-order valence-electron chi connectivity index (χ0n) is 13.4. The monoisotopic (exact) mass is 308 g/mol. The van der Waals surface area contributed by atoms with Gasteiger partial charge >= 0.3 is 0 Å². The van der Waals surface area contributed by atoms with Crippen molar-refractivity contribution in [2.24, 2.45) is 5.10 Å². The summed E-state index contributed by atoms with van der Waals surface area (Å²) >= 11 is 0. The summed E-state index contributed by atoms with van der Waals surface area (Å²) < 4.78 is 11.4. The van der Waals surface area contributed by atoms with Gasteiger partial charge in [-0.2, -0.15) is 5.10 Å². The average Bonchev–Trinajstić information content (AvgIpc) is 3.06. The fourth-order valence-corrected chi connectivity index (χ4v) is 3.34. The first-order valence-corrected chi connectivity index (χ1v) is 8.06. The SMILES string of the molecule is CCC1Oc2ccccc2C2CC(c3ccc(OC)cc3)=NN12. The third kappa shape index (κ3) is 2.34. The lowest BCUT2D eigenvalue weighted by molar-refractivity contribution is -0.0188. The van der Waals surface area contributed by atoms with Crippen molar-refractivity contribution in [3.05, 3.63) is 59.7 Å². The zero-order chi connectivity index (χ0) is 15.8. The van der Waals surface area contributed by atoms with Crippen molar-refractivity contribution in [3.8, 4) is 11.5 Å². The minimum Gasteiger partial charge on any atom is -0.497 e. The molecular weight excluding hydrogens is 288 g/mol. The summed E-state index contributed by atoms with van der Waals surface area (Å²) in [5.74, 6) is 1.86. The standard InChI is InChI=1S/C19H20N2O2/c1-3-19-21-17(15-6-4-5-7-18(15)23-19)12-16(20-21)13-8-10-14(22-2)11-9-13/h4-11,17,19H,3,12H2,1-2H3. The van der Waals surface area contributed by atoms with Crippen molar-refractivity contribution in [3.63, 3.8) is 0 Å². The normalized spacial score (nSPS) is 22.0. The molecule has 0 bridgehead atoms. The van der Waals surface area contributed by atoms with Crippen LogP contribution in [0.25, 0.3) is 0 Å². The first-order valence-electron chi connectivity index (χ1n) is 8.06. The Morgan fingerprint density at radius 3 is 2.70 bits per heavy atom. The predicted octanol–water partition coefficient (Wildman–Crippen LogP) is 3.97. The summed E-state index contributed by atoms with van der Waals surface area (Å²) in [6.07, 6.45) is 1.82. The summed E-state index contributed by atoms with van der Waals surface area (Å²) in [4.78, 5) is 0. The second-order valence-electron chi connectivity index (χ2n) is 5.89. The lowest BCUT2D eigenvalue weighted by Crippen LogP contribution is -2.39. The molecule has 2 unspecified atom stereocenters. The lowest BCUT2D eigenvalue weighted by atomic mass is 9.96. The largest absolute Gasteiger partial charge is 0.497 e. The van der Waals surface area contributed by atoms with E-state index in [1.165, 1.54) is 5.56 Å². The smallest absolute Gasteiger partial charge is 0.187 e. The molecular formula is C19H20N2O2. The van der Waals surface area contributed by atoms with Gasteiger partial charge in [-0.3, -0.25) is 5.01 Å². The number of rotatable bonds is 3. The van der Waals surface area contributed by atoms with Crippen LogP contribution in [0.4, 0.5) is 0 Å². The van der Waals surface area contributed by atoms with Crippen LogP contribution in [0.3, 0.4) is 0 Å². The molecule has 4 heteroatoms. The molecule has 0 N–H and O–H groups in total. The molecule has 2 aliphatic rings. The van der Waals surface area contributed by atoms with E-state index in [9.17, 15) is 0 Å². The first kappa shape index (κ1) is 14.1. The van der Waals surface area contributed by atoms with Crippen molar-refractivity contribution in [2.45, 2.75) is 32.0 Å². The fraction of sp³-hybridized carbons (Fsp3) is 0.316. The van der Waals surface area contributed by atoms with E-state index in [0.717, 1.165) is 35.6 Å².